The molecule has 2 atom stereocenters. The van der Waals surface area contributed by atoms with Gasteiger partial charge in [-0.15, -0.1) is 0 Å². The summed E-state index contributed by atoms with van der Waals surface area (Å²) in [5, 5.41) is 20.9. The van der Waals surface area contributed by atoms with E-state index in [0.717, 1.165) is 28.2 Å². The molecule has 4 nitrogen and oxygen atoms in total. The lowest BCUT2D eigenvalue weighted by Gasteiger charge is -2.16. The number of aromatic nitrogens is 1. The van der Waals surface area contributed by atoms with Crippen molar-refractivity contribution >= 4 is 27.8 Å². The Labute approximate surface area is 115 Å². The lowest BCUT2D eigenvalue weighted by atomic mass is 10.0. The molecular formula is C14H17NO3S. The van der Waals surface area contributed by atoms with Crippen LogP contribution in [0.5, 0.6) is 0 Å². The topological polar surface area (TPSA) is 73.3 Å². The van der Waals surface area contributed by atoms with E-state index in [1.807, 2.05) is 25.1 Å². The Hall–Kier alpha value is -1.30. The Bertz CT molecular complexity index is 593. The molecule has 102 valence electrons. The van der Waals surface area contributed by atoms with Gasteiger partial charge in [-0.1, -0.05) is 23.9 Å². The second kappa shape index (κ2) is 5.77. The quantitative estimate of drug-likeness (QED) is 0.802. The summed E-state index contributed by atoms with van der Waals surface area (Å²) in [6, 6.07) is 5.87. The van der Waals surface area contributed by atoms with E-state index < -0.39 is 12.2 Å². The lowest BCUT2D eigenvalue weighted by Crippen LogP contribution is -2.21. The molecule has 1 aromatic heterocycles. The van der Waals surface area contributed by atoms with E-state index in [4.69, 9.17) is 0 Å². The molecule has 0 fully saturated rings. The van der Waals surface area contributed by atoms with Crippen molar-refractivity contribution in [1.29, 1.82) is 0 Å². The first-order valence-electron chi connectivity index (χ1n) is 6.06. The van der Waals surface area contributed by atoms with E-state index in [9.17, 15) is 15.0 Å². The maximum Gasteiger partial charge on any atom is 0.185 e. The molecule has 0 bridgehead atoms. The standard InChI is InChI=1S/C14H17NO3S/c1-8-3-4-10-11(6-15-12(10)5-8)14(18)13(17)7-19-9(2)16/h3-6,13-15,17-18H,7H2,1-2H3. The Morgan fingerprint density at radius 1 is 1.42 bits per heavy atom. The van der Waals surface area contributed by atoms with Crippen molar-refractivity contribution in [3.05, 3.63) is 35.5 Å². The van der Waals surface area contributed by atoms with Gasteiger partial charge in [-0.2, -0.15) is 0 Å². The van der Waals surface area contributed by atoms with Crippen molar-refractivity contribution in [2.75, 3.05) is 5.75 Å². The third-order valence-electron chi connectivity index (χ3n) is 3.01. The Kier molecular flexibility index (Phi) is 4.29. The molecule has 1 aromatic carbocycles. The molecule has 0 aliphatic rings. The first kappa shape index (κ1) is 14.1. The number of aliphatic hydroxyl groups is 2. The number of rotatable bonds is 4. The van der Waals surface area contributed by atoms with E-state index in [1.54, 1.807) is 6.20 Å². The summed E-state index contributed by atoms with van der Waals surface area (Å²) >= 11 is 1.01. The van der Waals surface area contributed by atoms with Crippen LogP contribution in [0.15, 0.2) is 24.4 Å². The van der Waals surface area contributed by atoms with Crippen LogP contribution in [0.1, 0.15) is 24.2 Å². The van der Waals surface area contributed by atoms with Crippen molar-refractivity contribution in [1.82, 2.24) is 4.98 Å². The van der Waals surface area contributed by atoms with Gasteiger partial charge in [0.05, 0.1) is 6.10 Å². The molecule has 0 amide bonds. The molecular weight excluding hydrogens is 262 g/mol. The van der Waals surface area contributed by atoms with Crippen LogP contribution in [0.2, 0.25) is 0 Å². The minimum Gasteiger partial charge on any atom is -0.389 e. The van der Waals surface area contributed by atoms with Gasteiger partial charge in [0.15, 0.2) is 5.12 Å². The lowest BCUT2D eigenvalue weighted by molar-refractivity contribution is -0.109. The molecule has 2 rings (SSSR count). The van der Waals surface area contributed by atoms with Crippen LogP contribution < -0.4 is 0 Å². The number of H-pyrrole nitrogens is 1. The highest BCUT2D eigenvalue weighted by Gasteiger charge is 2.21. The molecule has 0 saturated carbocycles. The average Bonchev–Trinajstić information content (AvgIpc) is 2.77. The number of benzene rings is 1. The number of hydrogen-bond acceptors (Lipinski definition) is 4. The Morgan fingerprint density at radius 2 is 2.16 bits per heavy atom. The van der Waals surface area contributed by atoms with E-state index in [-0.39, 0.29) is 10.9 Å². The average molecular weight is 279 g/mol. The molecule has 0 spiro atoms. The third-order valence-corrected chi connectivity index (χ3v) is 3.92. The van der Waals surface area contributed by atoms with E-state index >= 15 is 0 Å². The molecule has 0 radical (unpaired) electrons. The fraction of sp³-hybridized carbons (Fsp3) is 0.357. The second-order valence-corrected chi connectivity index (χ2v) is 5.80. The maximum atomic E-state index is 10.9. The van der Waals surface area contributed by atoms with E-state index in [1.165, 1.54) is 6.92 Å². The third kappa shape index (κ3) is 3.18. The summed E-state index contributed by atoms with van der Waals surface area (Å²) in [6.07, 6.45) is -0.256. The zero-order valence-electron chi connectivity index (χ0n) is 10.9. The number of hydrogen-bond donors (Lipinski definition) is 3. The highest BCUT2D eigenvalue weighted by Crippen LogP contribution is 2.28. The highest BCUT2D eigenvalue weighted by atomic mass is 32.2. The number of aliphatic hydroxyl groups excluding tert-OH is 2. The first-order chi connectivity index (χ1) is 8.99. The largest absolute Gasteiger partial charge is 0.389 e. The molecule has 0 aliphatic carbocycles. The molecule has 1 heterocycles. The van der Waals surface area contributed by atoms with Crippen LogP contribution in [0, 0.1) is 6.92 Å². The van der Waals surface area contributed by atoms with Gasteiger partial charge < -0.3 is 15.2 Å². The fourth-order valence-corrected chi connectivity index (χ4v) is 2.60. The van der Waals surface area contributed by atoms with Crippen LogP contribution in [0.25, 0.3) is 10.9 Å². The van der Waals surface area contributed by atoms with Gasteiger partial charge in [-0.25, -0.2) is 0 Å². The molecule has 0 aliphatic heterocycles. The number of nitrogens with one attached hydrogen (secondary N) is 1. The van der Waals surface area contributed by atoms with Crippen LogP contribution in [0.4, 0.5) is 0 Å². The monoisotopic (exact) mass is 279 g/mol. The number of carbonyl (C=O) groups excluding carboxylic acids is 1. The first-order valence-corrected chi connectivity index (χ1v) is 7.04. The fourth-order valence-electron chi connectivity index (χ4n) is 2.01. The molecule has 19 heavy (non-hydrogen) atoms. The van der Waals surface area contributed by atoms with Crippen molar-refractivity contribution in [2.45, 2.75) is 26.1 Å². The minimum atomic E-state index is -0.997. The zero-order valence-corrected chi connectivity index (χ0v) is 11.7. The Morgan fingerprint density at radius 3 is 2.84 bits per heavy atom. The summed E-state index contributed by atoms with van der Waals surface area (Å²) in [5.74, 6) is 0.190. The summed E-state index contributed by atoms with van der Waals surface area (Å²) < 4.78 is 0. The summed E-state index contributed by atoms with van der Waals surface area (Å²) in [6.45, 7) is 3.44. The zero-order chi connectivity index (χ0) is 14.0. The number of aryl methyl sites for hydroxylation is 1. The summed E-state index contributed by atoms with van der Waals surface area (Å²) in [4.78, 5) is 14.0. The molecule has 2 unspecified atom stereocenters. The van der Waals surface area contributed by atoms with E-state index in [2.05, 4.69) is 4.98 Å². The Balaban J connectivity index is 2.21. The smallest absolute Gasteiger partial charge is 0.185 e. The normalized spacial score (nSPS) is 14.5. The number of aromatic amines is 1. The van der Waals surface area contributed by atoms with Crippen LogP contribution in [-0.2, 0) is 4.79 Å². The number of thioether (sulfide) groups is 1. The number of carbonyl (C=O) groups is 1. The van der Waals surface area contributed by atoms with Gasteiger partial charge in [0.1, 0.15) is 6.10 Å². The second-order valence-electron chi connectivity index (χ2n) is 4.61. The highest BCUT2D eigenvalue weighted by molar-refractivity contribution is 8.13. The summed E-state index contributed by atoms with van der Waals surface area (Å²) in [7, 11) is 0. The van der Waals surface area contributed by atoms with Crippen LogP contribution >= 0.6 is 11.8 Å². The van der Waals surface area contributed by atoms with Gasteiger partial charge in [0.25, 0.3) is 0 Å². The SMILES string of the molecule is CC(=O)SCC(O)C(O)c1c[nH]c2cc(C)ccc12. The number of fused-ring (bicyclic) bond motifs is 1. The van der Waals surface area contributed by atoms with Gasteiger partial charge in [-0.3, -0.25) is 4.79 Å². The van der Waals surface area contributed by atoms with Gasteiger partial charge in [0, 0.05) is 35.3 Å². The van der Waals surface area contributed by atoms with Gasteiger partial charge in [0.2, 0.25) is 0 Å². The van der Waals surface area contributed by atoms with Gasteiger partial charge >= 0.3 is 0 Å². The minimum absolute atomic E-state index is 0.0687. The molecule has 0 saturated heterocycles. The summed E-state index contributed by atoms with van der Waals surface area (Å²) in [5.41, 5.74) is 2.72. The predicted octanol–water partition coefficient (Wildman–Crippen LogP) is 2.15. The van der Waals surface area contributed by atoms with Crippen molar-refractivity contribution in [3.63, 3.8) is 0 Å². The predicted molar refractivity (Wildman–Crippen MR) is 77.1 cm³/mol. The van der Waals surface area contributed by atoms with Crippen molar-refractivity contribution in [2.24, 2.45) is 0 Å². The van der Waals surface area contributed by atoms with E-state index in [0.29, 0.717) is 5.56 Å². The maximum absolute atomic E-state index is 10.9. The van der Waals surface area contributed by atoms with Crippen molar-refractivity contribution in [3.8, 4) is 0 Å². The van der Waals surface area contributed by atoms with Crippen LogP contribution in [0.3, 0.4) is 0 Å². The molecule has 2 aromatic rings. The van der Waals surface area contributed by atoms with Crippen molar-refractivity contribution < 1.29 is 15.0 Å². The van der Waals surface area contributed by atoms with Crippen LogP contribution in [-0.4, -0.2) is 32.2 Å². The molecule has 5 heteroatoms. The molecule has 3 N–H and O–H groups in total. The van der Waals surface area contributed by atoms with Gasteiger partial charge in [-0.05, 0) is 18.6 Å².